The Morgan fingerprint density at radius 2 is 1.67 bits per heavy atom. The van der Waals surface area contributed by atoms with Crippen molar-refractivity contribution in [3.8, 4) is 0 Å². The number of hydrogen-bond donors (Lipinski definition) is 3. The summed E-state index contributed by atoms with van der Waals surface area (Å²) in [5.74, 6) is -2.20. The zero-order chi connectivity index (χ0) is 24.4. The third-order valence-corrected chi connectivity index (χ3v) is 9.08. The molecule has 3 aliphatic rings. The molecule has 0 saturated heterocycles. The smallest absolute Gasteiger partial charge is 0.339 e. The number of Topliss-reactive ketones (excluding diaryl/α,β-unsaturated/α-hetero) is 1. The maximum absolute atomic E-state index is 14.4. The summed E-state index contributed by atoms with van der Waals surface area (Å²) in [7, 11) is 0. The van der Waals surface area contributed by atoms with Crippen LogP contribution in [0.5, 0.6) is 0 Å². The van der Waals surface area contributed by atoms with Crippen LogP contribution >= 0.6 is 0 Å². The lowest BCUT2D eigenvalue weighted by Gasteiger charge is -2.59. The summed E-state index contributed by atoms with van der Waals surface area (Å²) in [4.78, 5) is 27.6. The van der Waals surface area contributed by atoms with Crippen molar-refractivity contribution >= 4 is 11.8 Å². The molecule has 4 rings (SSSR count). The monoisotopic (exact) mass is 456 g/mol. The molecule has 180 valence electrons. The number of benzene rings is 1. The van der Waals surface area contributed by atoms with Crippen LogP contribution in [0.2, 0.25) is 0 Å². The summed E-state index contributed by atoms with van der Waals surface area (Å²) >= 11 is 0. The second-order valence-electron chi connectivity index (χ2n) is 11.4. The van der Waals surface area contributed by atoms with Crippen molar-refractivity contribution in [3.05, 3.63) is 48.0 Å². The van der Waals surface area contributed by atoms with Gasteiger partial charge < -0.3 is 20.1 Å². The first-order valence-electron chi connectivity index (χ1n) is 11.9. The summed E-state index contributed by atoms with van der Waals surface area (Å²) in [6.45, 7) is 9.30. The van der Waals surface area contributed by atoms with E-state index in [1.807, 2.05) is 33.8 Å². The summed E-state index contributed by atoms with van der Waals surface area (Å²) in [6.07, 6.45) is 1.86. The van der Waals surface area contributed by atoms with Crippen LogP contribution < -0.4 is 0 Å². The standard InChI is InChI=1S/C27H36O6/c1-16-15-27(33-22(31)17-9-7-6-8-10-17)19(20(16)29)21(30)25(4)12-11-18(28)24(2,3)13-14-26(25,5)23(27)32/h6-10,13-14,16,18-21,28-30H,11-12,15H2,1-5H3/b14-13+/t16-,18-,19+,20-,21+,25-,26+,27+/m0/s1. The second-order valence-corrected chi connectivity index (χ2v) is 11.4. The van der Waals surface area contributed by atoms with Gasteiger partial charge in [0, 0.05) is 17.3 Å². The number of fused-ring (bicyclic) bond motifs is 2. The maximum Gasteiger partial charge on any atom is 0.339 e. The lowest BCUT2D eigenvalue weighted by Crippen LogP contribution is -2.70. The lowest BCUT2D eigenvalue weighted by atomic mass is 9.47. The van der Waals surface area contributed by atoms with Gasteiger partial charge >= 0.3 is 5.97 Å². The van der Waals surface area contributed by atoms with E-state index in [9.17, 15) is 24.9 Å². The zero-order valence-corrected chi connectivity index (χ0v) is 20.1. The maximum atomic E-state index is 14.4. The van der Waals surface area contributed by atoms with Crippen molar-refractivity contribution in [1.82, 2.24) is 0 Å². The molecule has 3 aliphatic carbocycles. The fraction of sp³-hybridized carbons (Fsp3) is 0.630. The average molecular weight is 457 g/mol. The Balaban J connectivity index is 1.86. The van der Waals surface area contributed by atoms with Gasteiger partial charge in [-0.2, -0.15) is 0 Å². The zero-order valence-electron chi connectivity index (χ0n) is 20.1. The molecule has 0 radical (unpaired) electrons. The molecule has 8 atom stereocenters. The van der Waals surface area contributed by atoms with Gasteiger partial charge in [0.2, 0.25) is 0 Å². The number of esters is 1. The third kappa shape index (κ3) is 3.33. The van der Waals surface area contributed by atoms with E-state index in [-0.39, 0.29) is 18.1 Å². The highest BCUT2D eigenvalue weighted by molar-refractivity contribution is 6.00. The molecule has 6 nitrogen and oxygen atoms in total. The minimum absolute atomic E-state index is 0.152. The van der Waals surface area contributed by atoms with Crippen LogP contribution in [0.25, 0.3) is 0 Å². The number of rotatable bonds is 2. The van der Waals surface area contributed by atoms with Gasteiger partial charge in [-0.15, -0.1) is 0 Å². The molecule has 3 N–H and O–H groups in total. The first-order valence-corrected chi connectivity index (χ1v) is 11.9. The van der Waals surface area contributed by atoms with Crippen molar-refractivity contribution in [2.24, 2.45) is 28.1 Å². The lowest BCUT2D eigenvalue weighted by molar-refractivity contribution is -0.207. The van der Waals surface area contributed by atoms with Crippen LogP contribution in [0.4, 0.5) is 0 Å². The molecule has 2 saturated carbocycles. The second kappa shape index (κ2) is 7.76. The van der Waals surface area contributed by atoms with Crippen LogP contribution in [0.15, 0.2) is 42.5 Å². The average Bonchev–Trinajstić information content (AvgIpc) is 3.04. The van der Waals surface area contributed by atoms with Gasteiger partial charge in [-0.3, -0.25) is 4.79 Å². The van der Waals surface area contributed by atoms with E-state index in [0.717, 1.165) is 0 Å². The SMILES string of the molecule is C[C@H]1C[C@]2(OC(=O)c3ccccc3)C(=O)[C@@]3(C)/C=C/C(C)(C)[C@@H](O)CC[C@@]3(C)[C@H](O)[C@H]2[C@H]1O. The van der Waals surface area contributed by atoms with Gasteiger partial charge in [0.15, 0.2) is 11.4 Å². The topological polar surface area (TPSA) is 104 Å². The molecular formula is C27H36O6. The number of carbonyl (C=O) groups excluding carboxylic acids is 2. The van der Waals surface area contributed by atoms with Gasteiger partial charge in [0.1, 0.15) is 0 Å². The summed E-state index contributed by atoms with van der Waals surface area (Å²) < 4.78 is 6.03. The Hall–Kier alpha value is -2.02. The highest BCUT2D eigenvalue weighted by Crippen LogP contribution is 2.63. The van der Waals surface area contributed by atoms with E-state index in [0.29, 0.717) is 18.4 Å². The predicted molar refractivity (Wildman–Crippen MR) is 123 cm³/mol. The minimum atomic E-state index is -1.63. The summed E-state index contributed by atoms with van der Waals surface area (Å²) in [5.41, 5.74) is -3.97. The number of ketones is 1. The van der Waals surface area contributed by atoms with Gasteiger partial charge in [0.25, 0.3) is 0 Å². The number of aliphatic hydroxyl groups is 3. The molecule has 0 aliphatic heterocycles. The predicted octanol–water partition coefficient (Wildman–Crippen LogP) is 3.29. The molecular weight excluding hydrogens is 420 g/mol. The third-order valence-electron chi connectivity index (χ3n) is 9.08. The molecule has 0 bridgehead atoms. The summed E-state index contributed by atoms with van der Waals surface area (Å²) in [6, 6.07) is 8.48. The Bertz CT molecular complexity index is 970. The van der Waals surface area contributed by atoms with Crippen molar-refractivity contribution in [1.29, 1.82) is 0 Å². The van der Waals surface area contributed by atoms with Gasteiger partial charge in [-0.05, 0) is 37.8 Å². The van der Waals surface area contributed by atoms with Crippen molar-refractivity contribution < 1.29 is 29.6 Å². The van der Waals surface area contributed by atoms with Crippen LogP contribution in [-0.4, -0.2) is 51.0 Å². The number of hydrogen-bond acceptors (Lipinski definition) is 6. The van der Waals surface area contributed by atoms with Crippen molar-refractivity contribution in [3.63, 3.8) is 0 Å². The quantitative estimate of drug-likeness (QED) is 0.466. The van der Waals surface area contributed by atoms with Crippen LogP contribution in [0, 0.1) is 28.1 Å². The Morgan fingerprint density at radius 3 is 2.30 bits per heavy atom. The van der Waals surface area contributed by atoms with Crippen LogP contribution in [0.3, 0.4) is 0 Å². The number of aliphatic hydroxyl groups excluding tert-OH is 3. The first kappa shape index (κ1) is 24.1. The van der Waals surface area contributed by atoms with E-state index < -0.39 is 52.0 Å². The molecule has 0 heterocycles. The number of ether oxygens (including phenoxy) is 1. The summed E-state index contributed by atoms with van der Waals surface area (Å²) in [5, 5.41) is 33.6. The number of carbonyl (C=O) groups is 2. The first-order chi connectivity index (χ1) is 15.3. The normalized spacial score (nSPS) is 45.3. The Morgan fingerprint density at radius 1 is 1.03 bits per heavy atom. The van der Waals surface area contributed by atoms with Crippen LogP contribution in [0.1, 0.15) is 64.2 Å². The van der Waals surface area contributed by atoms with Gasteiger partial charge in [-0.25, -0.2) is 4.79 Å². The molecule has 6 heteroatoms. The fourth-order valence-electron chi connectivity index (χ4n) is 6.38. The van der Waals surface area contributed by atoms with Crippen molar-refractivity contribution in [2.75, 3.05) is 0 Å². The largest absolute Gasteiger partial charge is 0.447 e. The van der Waals surface area contributed by atoms with E-state index in [1.165, 1.54) is 0 Å². The molecule has 0 unspecified atom stereocenters. The van der Waals surface area contributed by atoms with Gasteiger partial charge in [0.05, 0.1) is 35.2 Å². The van der Waals surface area contributed by atoms with E-state index in [4.69, 9.17) is 4.74 Å². The van der Waals surface area contributed by atoms with Crippen molar-refractivity contribution in [2.45, 2.75) is 77.8 Å². The molecule has 1 aromatic carbocycles. The van der Waals surface area contributed by atoms with Gasteiger partial charge in [-0.1, -0.05) is 58.0 Å². The Labute approximate surface area is 195 Å². The minimum Gasteiger partial charge on any atom is -0.447 e. The van der Waals surface area contributed by atoms with E-state index in [2.05, 4.69) is 0 Å². The molecule has 33 heavy (non-hydrogen) atoms. The Kier molecular flexibility index (Phi) is 5.67. The fourth-order valence-corrected chi connectivity index (χ4v) is 6.38. The van der Waals surface area contributed by atoms with Crippen LogP contribution in [-0.2, 0) is 9.53 Å². The molecule has 0 aromatic heterocycles. The van der Waals surface area contributed by atoms with E-state index in [1.54, 1.807) is 43.3 Å². The highest BCUT2D eigenvalue weighted by atomic mass is 16.6. The molecule has 2 fully saturated rings. The number of allylic oxidation sites excluding steroid dienone is 1. The van der Waals surface area contributed by atoms with E-state index >= 15 is 0 Å². The molecule has 1 aromatic rings. The highest BCUT2D eigenvalue weighted by Gasteiger charge is 2.74. The molecule has 0 spiro atoms. The molecule has 0 amide bonds.